The molecule has 1 N–H and O–H groups in total. The molecule has 1 saturated heterocycles. The van der Waals surface area contributed by atoms with E-state index in [2.05, 4.69) is 43.0 Å². The van der Waals surface area contributed by atoms with E-state index in [0.29, 0.717) is 6.04 Å². The lowest BCUT2D eigenvalue weighted by atomic mass is 10.1. The summed E-state index contributed by atoms with van der Waals surface area (Å²) in [6.45, 7) is 7.45. The van der Waals surface area contributed by atoms with Gasteiger partial charge in [-0.1, -0.05) is 6.92 Å². The van der Waals surface area contributed by atoms with Crippen LogP contribution in [0.3, 0.4) is 0 Å². The van der Waals surface area contributed by atoms with Crippen LogP contribution in [0.1, 0.15) is 12.6 Å². The predicted octanol–water partition coefficient (Wildman–Crippen LogP) is 1.66. The largest absolute Gasteiger partial charge is 0.349 e. The minimum atomic E-state index is 0.505. The smallest absolute Gasteiger partial charge is 0.223 e. The third kappa shape index (κ3) is 2.46. The van der Waals surface area contributed by atoms with Gasteiger partial charge in [0.1, 0.15) is 0 Å². The lowest BCUT2D eigenvalue weighted by Gasteiger charge is -2.38. The number of nitrogens with one attached hydrogen (secondary N) is 1. The first kappa shape index (κ1) is 10.8. The summed E-state index contributed by atoms with van der Waals surface area (Å²) >= 11 is 3.39. The van der Waals surface area contributed by atoms with Crippen LogP contribution in [-0.2, 0) is 0 Å². The number of aromatic nitrogens is 2. The highest BCUT2D eigenvalue weighted by atomic mass is 79.9. The molecule has 15 heavy (non-hydrogen) atoms. The Labute approximate surface area is 98.2 Å². The number of halogens is 1. The van der Waals surface area contributed by atoms with Crippen molar-refractivity contribution in [3.8, 4) is 0 Å². The van der Waals surface area contributed by atoms with Gasteiger partial charge in [-0.05, 0) is 29.4 Å². The molecule has 2 rings (SSSR count). The second kappa shape index (κ2) is 4.45. The van der Waals surface area contributed by atoms with E-state index in [-0.39, 0.29) is 0 Å². The first-order valence-corrected chi connectivity index (χ1v) is 5.96. The summed E-state index contributed by atoms with van der Waals surface area (Å²) in [6.07, 6.45) is 1.79. The van der Waals surface area contributed by atoms with Gasteiger partial charge in [-0.25, -0.2) is 9.97 Å². The van der Waals surface area contributed by atoms with Crippen molar-refractivity contribution in [2.24, 2.45) is 0 Å². The monoisotopic (exact) mass is 270 g/mol. The molecule has 0 atom stereocenters. The molecule has 5 heteroatoms. The molecule has 0 spiro atoms. The molecule has 1 aromatic rings. The van der Waals surface area contributed by atoms with Gasteiger partial charge in [-0.15, -0.1) is 0 Å². The van der Waals surface area contributed by atoms with Gasteiger partial charge >= 0.3 is 0 Å². The highest BCUT2D eigenvalue weighted by Gasteiger charge is 2.25. The number of anilines is 1. The van der Waals surface area contributed by atoms with Crippen molar-refractivity contribution < 1.29 is 0 Å². The SMILES string of the molecule is CCN1CC(Nc2ncc(Br)c(C)n2)C1. The maximum atomic E-state index is 4.36. The summed E-state index contributed by atoms with van der Waals surface area (Å²) in [7, 11) is 0. The Morgan fingerprint density at radius 1 is 1.60 bits per heavy atom. The summed E-state index contributed by atoms with van der Waals surface area (Å²) in [5.41, 5.74) is 0.971. The molecule has 0 aromatic carbocycles. The lowest BCUT2D eigenvalue weighted by molar-refractivity contribution is 0.171. The molecule has 0 bridgehead atoms. The van der Waals surface area contributed by atoms with E-state index in [4.69, 9.17) is 0 Å². The number of likely N-dealkylation sites (N-methyl/N-ethyl adjacent to an activating group) is 1. The zero-order valence-electron chi connectivity index (χ0n) is 9.00. The molecule has 1 aliphatic heterocycles. The van der Waals surface area contributed by atoms with Gasteiger partial charge < -0.3 is 5.32 Å². The van der Waals surface area contributed by atoms with Crippen LogP contribution in [0.5, 0.6) is 0 Å². The summed E-state index contributed by atoms with van der Waals surface area (Å²) in [5, 5.41) is 3.33. The van der Waals surface area contributed by atoms with Crippen LogP contribution < -0.4 is 5.32 Å². The van der Waals surface area contributed by atoms with Crippen molar-refractivity contribution in [1.82, 2.24) is 14.9 Å². The Morgan fingerprint density at radius 2 is 2.33 bits per heavy atom. The Hall–Kier alpha value is -0.680. The topological polar surface area (TPSA) is 41.0 Å². The van der Waals surface area contributed by atoms with Crippen molar-refractivity contribution in [1.29, 1.82) is 0 Å². The molecular formula is C10H15BrN4. The van der Waals surface area contributed by atoms with Crippen LogP contribution in [0, 0.1) is 6.92 Å². The lowest BCUT2D eigenvalue weighted by Crippen LogP contribution is -2.54. The van der Waals surface area contributed by atoms with Crippen molar-refractivity contribution in [2.45, 2.75) is 19.9 Å². The Balaban J connectivity index is 1.92. The van der Waals surface area contributed by atoms with Crippen LogP contribution in [0.25, 0.3) is 0 Å². The number of aryl methyl sites for hydroxylation is 1. The second-order valence-electron chi connectivity index (χ2n) is 3.82. The van der Waals surface area contributed by atoms with E-state index in [1.165, 1.54) is 0 Å². The normalized spacial score (nSPS) is 17.5. The van der Waals surface area contributed by atoms with Crippen LogP contribution in [0.2, 0.25) is 0 Å². The van der Waals surface area contributed by atoms with Crippen LogP contribution in [0.4, 0.5) is 5.95 Å². The van der Waals surface area contributed by atoms with E-state index < -0.39 is 0 Å². The number of rotatable bonds is 3. The maximum Gasteiger partial charge on any atom is 0.223 e. The van der Waals surface area contributed by atoms with Gasteiger partial charge in [0, 0.05) is 19.3 Å². The second-order valence-corrected chi connectivity index (χ2v) is 4.67. The molecule has 0 amide bonds. The Kier molecular flexibility index (Phi) is 3.21. The third-order valence-corrected chi connectivity index (χ3v) is 3.44. The van der Waals surface area contributed by atoms with Crippen LogP contribution in [-0.4, -0.2) is 40.5 Å². The molecule has 82 valence electrons. The average molecular weight is 271 g/mol. The van der Waals surface area contributed by atoms with E-state index >= 15 is 0 Å². The molecule has 1 fully saturated rings. The quantitative estimate of drug-likeness (QED) is 0.907. The Bertz CT molecular complexity index is 349. The zero-order chi connectivity index (χ0) is 10.8. The highest BCUT2D eigenvalue weighted by molar-refractivity contribution is 9.10. The standard InChI is InChI=1S/C10H15BrN4/c1-3-15-5-8(6-15)14-10-12-4-9(11)7(2)13-10/h4,8H,3,5-6H2,1-2H3,(H,12,13,14). The summed E-state index contributed by atoms with van der Waals surface area (Å²) in [5.74, 6) is 0.733. The minimum Gasteiger partial charge on any atom is -0.349 e. The fourth-order valence-electron chi connectivity index (χ4n) is 1.62. The van der Waals surface area contributed by atoms with Gasteiger partial charge in [0.05, 0.1) is 16.2 Å². The van der Waals surface area contributed by atoms with Crippen molar-refractivity contribution in [3.63, 3.8) is 0 Å². The number of likely N-dealkylation sites (tertiary alicyclic amines) is 1. The molecule has 1 aliphatic rings. The third-order valence-electron chi connectivity index (χ3n) is 2.66. The van der Waals surface area contributed by atoms with Gasteiger partial charge in [-0.2, -0.15) is 0 Å². The van der Waals surface area contributed by atoms with E-state index in [9.17, 15) is 0 Å². The molecule has 0 radical (unpaired) electrons. The number of hydrogen-bond donors (Lipinski definition) is 1. The molecule has 0 unspecified atom stereocenters. The van der Waals surface area contributed by atoms with Crippen molar-refractivity contribution in [3.05, 3.63) is 16.4 Å². The predicted molar refractivity (Wildman–Crippen MR) is 64.0 cm³/mol. The van der Waals surface area contributed by atoms with Gasteiger partial charge in [0.2, 0.25) is 5.95 Å². The molecule has 0 aliphatic carbocycles. The highest BCUT2D eigenvalue weighted by Crippen LogP contribution is 2.16. The summed E-state index contributed by atoms with van der Waals surface area (Å²) in [6, 6.07) is 0.505. The molecule has 2 heterocycles. The van der Waals surface area contributed by atoms with Gasteiger partial charge in [0.25, 0.3) is 0 Å². The first-order chi connectivity index (χ1) is 7.19. The minimum absolute atomic E-state index is 0.505. The summed E-state index contributed by atoms with van der Waals surface area (Å²) < 4.78 is 0.955. The fraction of sp³-hybridized carbons (Fsp3) is 0.600. The average Bonchev–Trinajstić information content (AvgIpc) is 2.16. The van der Waals surface area contributed by atoms with Gasteiger partial charge in [0.15, 0.2) is 0 Å². The van der Waals surface area contributed by atoms with Crippen molar-refractivity contribution >= 4 is 21.9 Å². The Morgan fingerprint density at radius 3 is 2.93 bits per heavy atom. The van der Waals surface area contributed by atoms with Crippen LogP contribution in [0.15, 0.2) is 10.7 Å². The maximum absolute atomic E-state index is 4.36. The van der Waals surface area contributed by atoms with Crippen molar-refractivity contribution in [2.75, 3.05) is 25.0 Å². The van der Waals surface area contributed by atoms with Crippen LogP contribution >= 0.6 is 15.9 Å². The zero-order valence-corrected chi connectivity index (χ0v) is 10.6. The number of nitrogens with zero attached hydrogens (tertiary/aromatic N) is 3. The van der Waals surface area contributed by atoms with E-state index in [1.54, 1.807) is 6.20 Å². The molecule has 4 nitrogen and oxygen atoms in total. The summed E-state index contributed by atoms with van der Waals surface area (Å²) in [4.78, 5) is 11.0. The van der Waals surface area contributed by atoms with E-state index in [1.807, 2.05) is 6.92 Å². The molecule has 0 saturated carbocycles. The van der Waals surface area contributed by atoms with Gasteiger partial charge in [-0.3, -0.25) is 4.90 Å². The molecular weight excluding hydrogens is 256 g/mol. The van der Waals surface area contributed by atoms with E-state index in [0.717, 1.165) is 35.7 Å². The first-order valence-electron chi connectivity index (χ1n) is 5.17. The fourth-order valence-corrected chi connectivity index (χ4v) is 1.81. The number of hydrogen-bond acceptors (Lipinski definition) is 4. The molecule has 1 aromatic heterocycles.